The van der Waals surface area contributed by atoms with E-state index in [9.17, 15) is 4.79 Å². The molecule has 1 aromatic carbocycles. The van der Waals surface area contributed by atoms with E-state index in [1.165, 1.54) is 25.7 Å². The molecule has 4 rings (SSSR count). The number of fused-ring (bicyclic) bond motifs is 2. The van der Waals surface area contributed by atoms with Crippen LogP contribution in [0, 0.1) is 17.8 Å². The van der Waals surface area contributed by atoms with Gasteiger partial charge in [-0.3, -0.25) is 4.79 Å². The summed E-state index contributed by atoms with van der Waals surface area (Å²) in [6, 6.07) is 8.23. The van der Waals surface area contributed by atoms with Crippen LogP contribution in [-0.2, 0) is 4.79 Å². The molecule has 1 amide bonds. The van der Waals surface area contributed by atoms with E-state index in [0.29, 0.717) is 23.7 Å². The van der Waals surface area contributed by atoms with E-state index in [2.05, 4.69) is 12.1 Å². The Labute approximate surface area is 120 Å². The lowest BCUT2D eigenvalue weighted by atomic mass is 9.96. The van der Waals surface area contributed by atoms with Crippen molar-refractivity contribution >= 4 is 11.6 Å². The number of carbonyl (C=O) groups is 1. The van der Waals surface area contributed by atoms with Gasteiger partial charge in [-0.1, -0.05) is 31.0 Å². The van der Waals surface area contributed by atoms with Crippen LogP contribution in [0.4, 0.5) is 5.69 Å². The monoisotopic (exact) mass is 270 g/mol. The van der Waals surface area contributed by atoms with Crippen molar-refractivity contribution in [2.75, 3.05) is 11.4 Å². The zero-order valence-corrected chi connectivity index (χ0v) is 11.8. The number of amides is 1. The Morgan fingerprint density at radius 3 is 2.55 bits per heavy atom. The second-order valence-electron chi connectivity index (χ2n) is 6.58. The fourth-order valence-corrected chi connectivity index (χ4v) is 4.36. The van der Waals surface area contributed by atoms with Crippen LogP contribution in [0.1, 0.15) is 43.7 Å². The topological polar surface area (TPSA) is 46.3 Å². The van der Waals surface area contributed by atoms with Gasteiger partial charge in [0.1, 0.15) is 0 Å². The summed E-state index contributed by atoms with van der Waals surface area (Å²) in [5.74, 6) is 2.03. The van der Waals surface area contributed by atoms with Gasteiger partial charge in [0.2, 0.25) is 5.91 Å². The van der Waals surface area contributed by atoms with Gasteiger partial charge in [0.25, 0.3) is 0 Å². The summed E-state index contributed by atoms with van der Waals surface area (Å²) in [5, 5.41) is 0. The van der Waals surface area contributed by atoms with Crippen molar-refractivity contribution < 1.29 is 4.79 Å². The van der Waals surface area contributed by atoms with E-state index in [1.807, 2.05) is 17.0 Å². The molecule has 3 aliphatic rings. The molecular formula is C17H22N2O. The molecule has 3 nitrogen and oxygen atoms in total. The van der Waals surface area contributed by atoms with Crippen molar-refractivity contribution in [3.8, 4) is 0 Å². The van der Waals surface area contributed by atoms with E-state index < -0.39 is 0 Å². The number of hydrogen-bond donors (Lipinski definition) is 1. The third-order valence-corrected chi connectivity index (χ3v) is 5.50. The molecular weight excluding hydrogens is 248 g/mol. The number of hydrogen-bond acceptors (Lipinski definition) is 2. The normalized spacial score (nSPS) is 35.1. The predicted molar refractivity (Wildman–Crippen MR) is 79.3 cm³/mol. The van der Waals surface area contributed by atoms with Gasteiger partial charge in [-0.2, -0.15) is 0 Å². The highest BCUT2D eigenvalue weighted by Gasteiger charge is 2.56. The minimum atomic E-state index is 0.0803. The number of anilines is 1. The van der Waals surface area contributed by atoms with E-state index in [0.717, 1.165) is 24.2 Å². The van der Waals surface area contributed by atoms with Crippen LogP contribution in [0.2, 0.25) is 0 Å². The lowest BCUT2D eigenvalue weighted by Gasteiger charge is -2.33. The third kappa shape index (κ3) is 1.80. The predicted octanol–water partition coefficient (Wildman–Crippen LogP) is 2.86. The average Bonchev–Trinajstić information content (AvgIpc) is 3.22. The zero-order valence-electron chi connectivity index (χ0n) is 11.8. The molecule has 0 radical (unpaired) electrons. The first-order chi connectivity index (χ1) is 9.77. The molecule has 20 heavy (non-hydrogen) atoms. The quantitative estimate of drug-likeness (QED) is 0.853. The molecule has 2 fully saturated rings. The molecule has 0 spiro atoms. The van der Waals surface area contributed by atoms with E-state index in [1.54, 1.807) is 0 Å². The highest BCUT2D eigenvalue weighted by molar-refractivity contribution is 5.98. The Hall–Kier alpha value is -1.35. The maximum Gasteiger partial charge on any atom is 0.230 e. The highest BCUT2D eigenvalue weighted by Crippen LogP contribution is 2.56. The van der Waals surface area contributed by atoms with Gasteiger partial charge in [0.05, 0.1) is 0 Å². The molecule has 2 aliphatic carbocycles. The molecule has 1 heterocycles. The van der Waals surface area contributed by atoms with Gasteiger partial charge in [-0.05, 0) is 42.7 Å². The maximum absolute atomic E-state index is 12.9. The van der Waals surface area contributed by atoms with Gasteiger partial charge < -0.3 is 10.6 Å². The standard InChI is InChI=1S/C17H22N2O/c18-14-9-10-19(15-8-4-3-7-13(14)15)17(20)16-11-5-1-2-6-12(11)16/h3-4,7-8,11-12,14,16H,1-2,5-6,9-10,18H2. The van der Waals surface area contributed by atoms with Gasteiger partial charge >= 0.3 is 0 Å². The third-order valence-electron chi connectivity index (χ3n) is 5.50. The minimum absolute atomic E-state index is 0.0803. The number of nitrogens with zero attached hydrogens (tertiary/aromatic N) is 1. The zero-order chi connectivity index (χ0) is 13.7. The molecule has 3 unspecified atom stereocenters. The molecule has 3 heteroatoms. The van der Waals surface area contributed by atoms with Crippen molar-refractivity contribution in [2.45, 2.75) is 38.1 Å². The SMILES string of the molecule is NC1CCN(C(=O)C2C3CCCCC32)c2ccccc21. The Balaban J connectivity index is 1.60. The number of nitrogens with two attached hydrogens (primary N) is 1. The Morgan fingerprint density at radius 2 is 1.80 bits per heavy atom. The Bertz CT molecular complexity index is 530. The molecule has 0 saturated heterocycles. The van der Waals surface area contributed by atoms with E-state index in [-0.39, 0.29) is 6.04 Å². The van der Waals surface area contributed by atoms with Crippen molar-refractivity contribution in [1.29, 1.82) is 0 Å². The first-order valence-corrected chi connectivity index (χ1v) is 7.93. The lowest BCUT2D eigenvalue weighted by Crippen LogP contribution is -2.39. The van der Waals surface area contributed by atoms with Crippen LogP contribution in [-0.4, -0.2) is 12.5 Å². The first-order valence-electron chi connectivity index (χ1n) is 7.93. The first kappa shape index (κ1) is 12.4. The summed E-state index contributed by atoms with van der Waals surface area (Å²) >= 11 is 0. The summed E-state index contributed by atoms with van der Waals surface area (Å²) < 4.78 is 0. The summed E-state index contributed by atoms with van der Waals surface area (Å²) in [4.78, 5) is 14.9. The molecule has 0 bridgehead atoms. The average molecular weight is 270 g/mol. The van der Waals surface area contributed by atoms with Crippen LogP contribution in [0.5, 0.6) is 0 Å². The van der Waals surface area contributed by atoms with Crippen LogP contribution < -0.4 is 10.6 Å². The molecule has 1 aromatic rings. The van der Waals surface area contributed by atoms with Crippen molar-refractivity contribution in [2.24, 2.45) is 23.5 Å². The fraction of sp³-hybridized carbons (Fsp3) is 0.588. The van der Waals surface area contributed by atoms with Crippen LogP contribution in [0.25, 0.3) is 0 Å². The minimum Gasteiger partial charge on any atom is -0.324 e. The summed E-state index contributed by atoms with van der Waals surface area (Å²) in [7, 11) is 0. The summed E-state index contributed by atoms with van der Waals surface area (Å²) in [6.45, 7) is 0.785. The maximum atomic E-state index is 12.9. The number of carbonyl (C=O) groups excluding carboxylic acids is 1. The largest absolute Gasteiger partial charge is 0.324 e. The molecule has 2 N–H and O–H groups in total. The highest BCUT2D eigenvalue weighted by atomic mass is 16.2. The van der Waals surface area contributed by atoms with Gasteiger partial charge in [-0.15, -0.1) is 0 Å². The van der Waals surface area contributed by atoms with Crippen molar-refractivity contribution in [3.05, 3.63) is 29.8 Å². The van der Waals surface area contributed by atoms with Gasteiger partial charge in [-0.25, -0.2) is 0 Å². The smallest absolute Gasteiger partial charge is 0.230 e. The molecule has 1 aliphatic heterocycles. The number of para-hydroxylation sites is 1. The van der Waals surface area contributed by atoms with Crippen LogP contribution in [0.15, 0.2) is 24.3 Å². The summed E-state index contributed by atoms with van der Waals surface area (Å²) in [5.41, 5.74) is 8.37. The second-order valence-corrected chi connectivity index (χ2v) is 6.58. The lowest BCUT2D eigenvalue weighted by molar-refractivity contribution is -0.120. The summed E-state index contributed by atoms with van der Waals surface area (Å²) in [6.07, 6.45) is 6.02. The molecule has 3 atom stereocenters. The van der Waals surface area contributed by atoms with Gasteiger partial charge in [0, 0.05) is 24.2 Å². The molecule has 0 aromatic heterocycles. The van der Waals surface area contributed by atoms with Crippen molar-refractivity contribution in [3.63, 3.8) is 0 Å². The van der Waals surface area contributed by atoms with Crippen molar-refractivity contribution in [1.82, 2.24) is 0 Å². The van der Waals surface area contributed by atoms with E-state index >= 15 is 0 Å². The van der Waals surface area contributed by atoms with Crippen LogP contribution >= 0.6 is 0 Å². The Kier molecular flexibility index (Phi) is 2.84. The fourth-order valence-electron chi connectivity index (χ4n) is 4.36. The van der Waals surface area contributed by atoms with E-state index in [4.69, 9.17) is 5.73 Å². The van der Waals surface area contributed by atoms with Gasteiger partial charge in [0.15, 0.2) is 0 Å². The second kappa shape index (κ2) is 4.59. The van der Waals surface area contributed by atoms with Crippen LogP contribution in [0.3, 0.4) is 0 Å². The number of rotatable bonds is 1. The number of benzene rings is 1. The molecule has 2 saturated carbocycles. The Morgan fingerprint density at radius 1 is 1.10 bits per heavy atom. The molecule has 106 valence electrons.